The Bertz CT molecular complexity index is 339. The van der Waals surface area contributed by atoms with Crippen molar-refractivity contribution < 1.29 is 0 Å². The van der Waals surface area contributed by atoms with E-state index in [1.165, 1.54) is 103 Å². The highest BCUT2D eigenvalue weighted by Crippen LogP contribution is 2.15. The molecular formula is C24H52N4. The fourth-order valence-electron chi connectivity index (χ4n) is 3.93. The van der Waals surface area contributed by atoms with Crippen LogP contribution in [0, 0.1) is 0 Å². The van der Waals surface area contributed by atoms with Crippen LogP contribution in [0.5, 0.6) is 0 Å². The van der Waals surface area contributed by atoms with E-state index >= 15 is 0 Å². The van der Waals surface area contributed by atoms with Gasteiger partial charge in [-0.3, -0.25) is 4.90 Å². The Hall–Kier alpha value is -0.770. The van der Waals surface area contributed by atoms with Crippen LogP contribution in [0.25, 0.3) is 0 Å². The van der Waals surface area contributed by atoms with Crippen molar-refractivity contribution in [2.75, 3.05) is 13.6 Å². The molecule has 0 radical (unpaired) electrons. The Morgan fingerprint density at radius 3 is 1.39 bits per heavy atom. The van der Waals surface area contributed by atoms with Crippen LogP contribution in [0.3, 0.4) is 0 Å². The van der Waals surface area contributed by atoms with Gasteiger partial charge >= 0.3 is 0 Å². The summed E-state index contributed by atoms with van der Waals surface area (Å²) in [5, 5.41) is 0. The molecule has 0 bridgehead atoms. The van der Waals surface area contributed by atoms with Gasteiger partial charge in [-0.1, -0.05) is 110 Å². The maximum absolute atomic E-state index is 5.59. The lowest BCUT2D eigenvalue weighted by Gasteiger charge is -2.24. The summed E-state index contributed by atoms with van der Waals surface area (Å²) in [6.45, 7) is 5.52. The minimum absolute atomic E-state index is 0.150. The van der Waals surface area contributed by atoms with Crippen LogP contribution in [0.4, 0.5) is 0 Å². The molecule has 0 aliphatic rings. The first-order valence-corrected chi connectivity index (χ1v) is 12.4. The van der Waals surface area contributed by atoms with Crippen LogP contribution in [-0.4, -0.2) is 30.6 Å². The zero-order valence-corrected chi connectivity index (χ0v) is 19.6. The molecule has 0 heterocycles. The quantitative estimate of drug-likeness (QED) is 0.131. The Labute approximate surface area is 176 Å². The van der Waals surface area contributed by atoms with Crippen molar-refractivity contribution >= 4 is 5.96 Å². The van der Waals surface area contributed by atoms with Crippen molar-refractivity contribution in [2.45, 2.75) is 136 Å². The maximum atomic E-state index is 5.59. The Kier molecular flexibility index (Phi) is 20.4. The van der Waals surface area contributed by atoms with Gasteiger partial charge in [-0.05, 0) is 32.9 Å². The Balaban J connectivity index is 3.43. The lowest BCUT2D eigenvalue weighted by atomic mass is 10.0. The largest absolute Gasteiger partial charge is 0.370 e. The highest BCUT2D eigenvalue weighted by molar-refractivity contribution is 5.75. The van der Waals surface area contributed by atoms with Crippen LogP contribution in [-0.2, 0) is 0 Å². The fraction of sp³-hybridized carbons (Fsp3) is 0.958. The summed E-state index contributed by atoms with van der Waals surface area (Å²) in [5.74, 6) is 0.212. The minimum atomic E-state index is 0.150. The molecule has 0 amide bonds. The predicted octanol–water partition coefficient (Wildman–Crippen LogP) is 6.58. The van der Waals surface area contributed by atoms with Gasteiger partial charge in [0.2, 0.25) is 0 Å². The highest BCUT2D eigenvalue weighted by atomic mass is 15.2. The van der Waals surface area contributed by atoms with Gasteiger partial charge in [0, 0.05) is 0 Å². The summed E-state index contributed by atoms with van der Waals surface area (Å²) in [7, 11) is 2.12. The normalized spacial score (nSPS) is 12.4. The van der Waals surface area contributed by atoms with E-state index < -0.39 is 0 Å². The lowest BCUT2D eigenvalue weighted by Crippen LogP contribution is -2.35. The third-order valence-electron chi connectivity index (χ3n) is 5.70. The van der Waals surface area contributed by atoms with E-state index in [4.69, 9.17) is 11.5 Å². The number of hydrogen-bond donors (Lipinski definition) is 2. The number of rotatable bonds is 21. The molecule has 0 aromatic heterocycles. The molecule has 0 aliphatic carbocycles. The van der Waals surface area contributed by atoms with Crippen molar-refractivity contribution in [3.63, 3.8) is 0 Å². The van der Waals surface area contributed by atoms with Gasteiger partial charge in [0.1, 0.15) is 6.17 Å². The second-order valence-corrected chi connectivity index (χ2v) is 8.61. The first-order valence-electron chi connectivity index (χ1n) is 12.4. The number of aliphatic imine (C=N–C) groups is 1. The second-order valence-electron chi connectivity index (χ2n) is 8.61. The molecule has 0 aromatic carbocycles. The summed E-state index contributed by atoms with van der Waals surface area (Å²) < 4.78 is 0. The molecule has 1 atom stereocenters. The van der Waals surface area contributed by atoms with Crippen LogP contribution in [0.2, 0.25) is 0 Å². The molecule has 4 N–H and O–H groups in total. The Morgan fingerprint density at radius 1 is 0.643 bits per heavy atom. The number of nitrogens with zero attached hydrogens (tertiary/aromatic N) is 2. The van der Waals surface area contributed by atoms with Crippen molar-refractivity contribution in [1.29, 1.82) is 0 Å². The number of nitrogens with two attached hydrogens (primary N) is 2. The maximum Gasteiger partial charge on any atom is 0.187 e. The van der Waals surface area contributed by atoms with Crippen molar-refractivity contribution in [3.05, 3.63) is 0 Å². The summed E-state index contributed by atoms with van der Waals surface area (Å²) in [5.41, 5.74) is 11.2. The van der Waals surface area contributed by atoms with E-state index in [1.54, 1.807) is 0 Å². The van der Waals surface area contributed by atoms with E-state index in [9.17, 15) is 0 Å². The molecule has 28 heavy (non-hydrogen) atoms. The average molecular weight is 397 g/mol. The molecule has 0 fully saturated rings. The molecule has 1 unspecified atom stereocenters. The standard InChI is InChI=1S/C24H52N4/c1-4-6-7-8-9-10-11-12-13-14-15-16-17-18-19-20-21-23(27-24(25)26)28(3)22-5-2/h23H,4-22H2,1-3H3,(H4,25,26,27). The first kappa shape index (κ1) is 27.2. The van der Waals surface area contributed by atoms with Gasteiger partial charge in [-0.25, -0.2) is 4.99 Å². The number of hydrogen-bond acceptors (Lipinski definition) is 2. The zero-order valence-electron chi connectivity index (χ0n) is 19.6. The minimum Gasteiger partial charge on any atom is -0.370 e. The van der Waals surface area contributed by atoms with Gasteiger partial charge in [0.25, 0.3) is 0 Å². The Morgan fingerprint density at radius 2 is 1.04 bits per heavy atom. The molecule has 0 saturated heterocycles. The van der Waals surface area contributed by atoms with E-state index in [2.05, 4.69) is 30.8 Å². The van der Waals surface area contributed by atoms with Gasteiger partial charge in [0.15, 0.2) is 5.96 Å². The van der Waals surface area contributed by atoms with Gasteiger partial charge in [-0.2, -0.15) is 0 Å². The molecule has 0 rings (SSSR count). The zero-order chi connectivity index (χ0) is 20.9. The van der Waals surface area contributed by atoms with Crippen LogP contribution < -0.4 is 11.5 Å². The number of guanidine groups is 1. The summed E-state index contributed by atoms with van der Waals surface area (Å²) in [4.78, 5) is 6.67. The van der Waals surface area contributed by atoms with E-state index in [0.717, 1.165) is 19.4 Å². The second kappa shape index (κ2) is 21.0. The molecular weight excluding hydrogens is 344 g/mol. The highest BCUT2D eigenvalue weighted by Gasteiger charge is 2.12. The van der Waals surface area contributed by atoms with Gasteiger partial charge < -0.3 is 11.5 Å². The molecule has 0 spiro atoms. The van der Waals surface area contributed by atoms with Crippen LogP contribution in [0.15, 0.2) is 4.99 Å². The van der Waals surface area contributed by atoms with Gasteiger partial charge in [0.05, 0.1) is 0 Å². The lowest BCUT2D eigenvalue weighted by molar-refractivity contribution is 0.232. The smallest absolute Gasteiger partial charge is 0.187 e. The molecule has 0 aliphatic heterocycles. The average Bonchev–Trinajstić information content (AvgIpc) is 2.66. The monoisotopic (exact) mass is 396 g/mol. The van der Waals surface area contributed by atoms with Gasteiger partial charge in [-0.15, -0.1) is 0 Å². The van der Waals surface area contributed by atoms with E-state index in [1.807, 2.05) is 0 Å². The van der Waals surface area contributed by atoms with Crippen molar-refractivity contribution in [2.24, 2.45) is 16.5 Å². The third-order valence-corrected chi connectivity index (χ3v) is 5.70. The number of unbranched alkanes of at least 4 members (excludes halogenated alkanes) is 15. The molecule has 168 valence electrons. The molecule has 4 nitrogen and oxygen atoms in total. The topological polar surface area (TPSA) is 67.6 Å². The van der Waals surface area contributed by atoms with E-state index in [0.29, 0.717) is 0 Å². The SMILES string of the molecule is CCCCCCCCCCCCCCCCCCC(N=C(N)N)N(C)CCC. The predicted molar refractivity (Wildman–Crippen MR) is 127 cm³/mol. The van der Waals surface area contributed by atoms with Crippen LogP contribution in [0.1, 0.15) is 129 Å². The van der Waals surface area contributed by atoms with Crippen LogP contribution >= 0.6 is 0 Å². The van der Waals surface area contributed by atoms with Crippen molar-refractivity contribution in [1.82, 2.24) is 4.90 Å². The molecule has 0 saturated carbocycles. The summed E-state index contributed by atoms with van der Waals surface area (Å²) in [6, 6.07) is 0. The molecule has 0 aromatic rings. The summed E-state index contributed by atoms with van der Waals surface area (Å²) in [6.07, 6.45) is 24.8. The molecule has 4 heteroatoms. The van der Waals surface area contributed by atoms with E-state index in [-0.39, 0.29) is 12.1 Å². The summed E-state index contributed by atoms with van der Waals surface area (Å²) >= 11 is 0. The fourth-order valence-corrected chi connectivity index (χ4v) is 3.93. The first-order chi connectivity index (χ1) is 13.6. The van der Waals surface area contributed by atoms with Crippen molar-refractivity contribution in [3.8, 4) is 0 Å². The third kappa shape index (κ3) is 18.6.